The van der Waals surface area contributed by atoms with Crippen molar-refractivity contribution in [3.8, 4) is 5.75 Å². The van der Waals surface area contributed by atoms with Gasteiger partial charge in [-0.05, 0) is 56.2 Å². The summed E-state index contributed by atoms with van der Waals surface area (Å²) >= 11 is 0. The number of nitrogens with zero attached hydrogens (tertiary/aromatic N) is 1. The highest BCUT2D eigenvalue weighted by Crippen LogP contribution is 2.58. The van der Waals surface area contributed by atoms with Gasteiger partial charge in [0.1, 0.15) is 17.1 Å². The highest BCUT2D eigenvalue weighted by atomic mass is 16.3. The predicted molar refractivity (Wildman–Crippen MR) is 90.8 cm³/mol. The topological polar surface area (TPSA) is 36.6 Å². The number of fused-ring (bicyclic) bond motifs is 4. The van der Waals surface area contributed by atoms with Crippen LogP contribution in [-0.4, -0.2) is 28.6 Å². The molecular weight excluding hydrogens is 286 g/mol. The maximum atomic E-state index is 9.89. The average molecular weight is 311 g/mol. The van der Waals surface area contributed by atoms with Gasteiger partial charge in [0.25, 0.3) is 0 Å². The SMILES string of the molecule is CCC1CC2CC3c4oc5ccc(O)cc5c4CCN(C2)C13C. The molecule has 3 fully saturated rings. The molecule has 4 heterocycles. The van der Waals surface area contributed by atoms with Crippen LogP contribution in [0.4, 0.5) is 0 Å². The third-order valence-electron chi connectivity index (χ3n) is 7.13. The minimum absolute atomic E-state index is 0.241. The van der Waals surface area contributed by atoms with Gasteiger partial charge in [-0.2, -0.15) is 0 Å². The lowest BCUT2D eigenvalue weighted by atomic mass is 9.57. The largest absolute Gasteiger partial charge is 0.508 e. The number of furan rings is 1. The van der Waals surface area contributed by atoms with Crippen LogP contribution in [0.1, 0.15) is 50.4 Å². The summed E-state index contributed by atoms with van der Waals surface area (Å²) in [6.45, 7) is 7.22. The molecule has 0 radical (unpaired) electrons. The van der Waals surface area contributed by atoms with E-state index in [2.05, 4.69) is 18.7 Å². The van der Waals surface area contributed by atoms with Crippen LogP contribution in [0.3, 0.4) is 0 Å². The normalized spacial score (nSPS) is 38.5. The molecule has 4 aliphatic rings. The fourth-order valence-corrected chi connectivity index (χ4v) is 5.96. The zero-order chi connectivity index (χ0) is 15.8. The number of phenols is 1. The van der Waals surface area contributed by atoms with Crippen molar-refractivity contribution in [1.82, 2.24) is 4.90 Å². The van der Waals surface area contributed by atoms with Crippen molar-refractivity contribution in [2.45, 2.75) is 51.0 Å². The molecule has 3 aliphatic heterocycles. The summed E-state index contributed by atoms with van der Waals surface area (Å²) in [6.07, 6.45) is 4.95. The van der Waals surface area contributed by atoms with Crippen molar-refractivity contribution in [1.29, 1.82) is 0 Å². The Balaban J connectivity index is 1.73. The minimum atomic E-state index is 0.241. The zero-order valence-corrected chi connectivity index (χ0v) is 14.0. The molecule has 4 bridgehead atoms. The lowest BCUT2D eigenvalue weighted by Gasteiger charge is -2.60. The summed E-state index contributed by atoms with van der Waals surface area (Å²) in [5, 5.41) is 11.0. The lowest BCUT2D eigenvalue weighted by Crippen LogP contribution is -2.64. The Labute approximate surface area is 137 Å². The van der Waals surface area contributed by atoms with Gasteiger partial charge >= 0.3 is 0 Å². The van der Waals surface area contributed by atoms with E-state index in [1.165, 1.54) is 37.1 Å². The molecule has 1 aromatic heterocycles. The quantitative estimate of drug-likeness (QED) is 0.853. The third-order valence-corrected chi connectivity index (χ3v) is 7.13. The second kappa shape index (κ2) is 4.54. The van der Waals surface area contributed by atoms with Gasteiger partial charge in [0.15, 0.2) is 0 Å². The first kappa shape index (κ1) is 13.9. The van der Waals surface area contributed by atoms with Gasteiger partial charge in [0.05, 0.1) is 0 Å². The van der Waals surface area contributed by atoms with Crippen molar-refractivity contribution >= 4 is 11.0 Å². The highest BCUT2D eigenvalue weighted by Gasteiger charge is 2.57. The Morgan fingerprint density at radius 2 is 2.22 bits per heavy atom. The monoisotopic (exact) mass is 311 g/mol. The minimum Gasteiger partial charge on any atom is -0.508 e. The van der Waals surface area contributed by atoms with Gasteiger partial charge in [0, 0.05) is 35.5 Å². The molecule has 1 aromatic carbocycles. The average Bonchev–Trinajstić information content (AvgIpc) is 2.87. The first-order valence-corrected chi connectivity index (χ1v) is 9.10. The summed E-state index contributed by atoms with van der Waals surface area (Å²) in [7, 11) is 0. The molecule has 0 amide bonds. The van der Waals surface area contributed by atoms with Crippen molar-refractivity contribution in [3.05, 3.63) is 29.5 Å². The fraction of sp³-hybridized carbons (Fsp3) is 0.600. The van der Waals surface area contributed by atoms with E-state index in [9.17, 15) is 5.11 Å². The van der Waals surface area contributed by atoms with E-state index < -0.39 is 0 Å². The Morgan fingerprint density at radius 3 is 3.04 bits per heavy atom. The first-order chi connectivity index (χ1) is 11.1. The second-order valence-corrected chi connectivity index (χ2v) is 8.04. The first-order valence-electron chi connectivity index (χ1n) is 9.10. The maximum Gasteiger partial charge on any atom is 0.134 e. The molecule has 3 nitrogen and oxygen atoms in total. The highest BCUT2D eigenvalue weighted by molar-refractivity contribution is 5.84. The zero-order valence-electron chi connectivity index (χ0n) is 14.0. The second-order valence-electron chi connectivity index (χ2n) is 8.04. The molecule has 2 aromatic rings. The van der Waals surface area contributed by atoms with Crippen LogP contribution in [0.2, 0.25) is 0 Å². The Hall–Kier alpha value is -1.48. The third kappa shape index (κ3) is 1.69. The van der Waals surface area contributed by atoms with E-state index in [0.717, 1.165) is 35.8 Å². The summed E-state index contributed by atoms with van der Waals surface area (Å²) in [5.41, 5.74) is 2.54. The number of aromatic hydroxyl groups is 1. The molecule has 3 heteroatoms. The molecule has 1 N–H and O–H groups in total. The van der Waals surface area contributed by atoms with Crippen molar-refractivity contribution in [3.63, 3.8) is 0 Å². The van der Waals surface area contributed by atoms with Crippen LogP contribution in [-0.2, 0) is 6.42 Å². The van der Waals surface area contributed by atoms with E-state index in [-0.39, 0.29) is 5.54 Å². The van der Waals surface area contributed by atoms with E-state index in [0.29, 0.717) is 11.7 Å². The van der Waals surface area contributed by atoms with Gasteiger partial charge in [-0.25, -0.2) is 0 Å². The molecule has 0 spiro atoms. The van der Waals surface area contributed by atoms with Gasteiger partial charge in [-0.1, -0.05) is 13.3 Å². The lowest BCUT2D eigenvalue weighted by molar-refractivity contribution is -0.0877. The molecular formula is C20H25NO2. The summed E-state index contributed by atoms with van der Waals surface area (Å²) in [6, 6.07) is 5.55. The van der Waals surface area contributed by atoms with Crippen LogP contribution in [0.15, 0.2) is 22.6 Å². The molecule has 122 valence electrons. The molecule has 23 heavy (non-hydrogen) atoms. The van der Waals surface area contributed by atoms with E-state index in [4.69, 9.17) is 4.42 Å². The van der Waals surface area contributed by atoms with Crippen LogP contribution in [0.5, 0.6) is 5.75 Å². The van der Waals surface area contributed by atoms with Crippen molar-refractivity contribution in [2.24, 2.45) is 11.8 Å². The van der Waals surface area contributed by atoms with Crippen molar-refractivity contribution < 1.29 is 9.52 Å². The molecule has 1 aliphatic carbocycles. The van der Waals surface area contributed by atoms with Crippen LogP contribution >= 0.6 is 0 Å². The smallest absolute Gasteiger partial charge is 0.134 e. The van der Waals surface area contributed by atoms with Gasteiger partial charge in [0.2, 0.25) is 0 Å². The summed E-state index contributed by atoms with van der Waals surface area (Å²) < 4.78 is 6.38. The number of piperidine rings is 2. The van der Waals surface area contributed by atoms with Gasteiger partial charge in [-0.15, -0.1) is 0 Å². The molecule has 2 saturated heterocycles. The predicted octanol–water partition coefficient (Wildman–Crippen LogP) is 4.29. The van der Waals surface area contributed by atoms with E-state index >= 15 is 0 Å². The van der Waals surface area contributed by atoms with Crippen LogP contribution in [0, 0.1) is 11.8 Å². The maximum absolute atomic E-state index is 9.89. The van der Waals surface area contributed by atoms with Crippen LogP contribution in [0.25, 0.3) is 11.0 Å². The molecule has 6 rings (SSSR count). The Morgan fingerprint density at radius 1 is 1.35 bits per heavy atom. The summed E-state index contributed by atoms with van der Waals surface area (Å²) in [4.78, 5) is 2.76. The molecule has 5 unspecified atom stereocenters. The number of hydrogen-bond acceptors (Lipinski definition) is 3. The van der Waals surface area contributed by atoms with Crippen molar-refractivity contribution in [2.75, 3.05) is 13.1 Å². The Kier molecular flexibility index (Phi) is 2.74. The summed E-state index contributed by atoms with van der Waals surface area (Å²) in [5.74, 6) is 3.66. The van der Waals surface area contributed by atoms with Gasteiger partial charge in [-0.3, -0.25) is 4.90 Å². The molecule has 1 saturated carbocycles. The number of benzene rings is 1. The van der Waals surface area contributed by atoms with E-state index in [1.54, 1.807) is 6.07 Å². The van der Waals surface area contributed by atoms with Crippen LogP contribution < -0.4 is 0 Å². The molecule has 5 atom stereocenters. The number of phenolic OH excluding ortho intramolecular Hbond substituents is 1. The Bertz CT molecular complexity index is 779. The van der Waals surface area contributed by atoms with Gasteiger partial charge < -0.3 is 9.52 Å². The number of hydrogen-bond donors (Lipinski definition) is 1. The number of rotatable bonds is 1. The fourth-order valence-electron chi connectivity index (χ4n) is 5.96. The van der Waals surface area contributed by atoms with E-state index in [1.807, 2.05) is 12.1 Å². The standard InChI is InChI=1S/C20H25NO2/c1-3-13-8-12-9-17-19-15(6-7-21(11-12)20(13,17)2)16-10-14(22)4-5-18(16)23-19/h4-5,10,12-13,17,22H,3,6-9,11H2,1-2H3.